The summed E-state index contributed by atoms with van der Waals surface area (Å²) in [6.07, 6.45) is 0. The normalized spacial score (nSPS) is 10.2. The van der Waals surface area contributed by atoms with Gasteiger partial charge in [0.15, 0.2) is 0 Å². The third-order valence-electron chi connectivity index (χ3n) is 2.82. The molecule has 5 heteroatoms. The lowest BCUT2D eigenvalue weighted by atomic mass is 10.2. The number of hydrogen-bond donors (Lipinski definition) is 1. The van der Waals surface area contributed by atoms with E-state index in [9.17, 15) is 4.79 Å². The Morgan fingerprint density at radius 1 is 1.19 bits per heavy atom. The number of nitrogens with one attached hydrogen (secondary N) is 1. The molecule has 0 saturated carbocycles. The second-order valence-electron chi connectivity index (χ2n) is 4.26. The second kappa shape index (κ2) is 7.96. The molecule has 0 heterocycles. The van der Waals surface area contributed by atoms with E-state index in [0.29, 0.717) is 17.9 Å². The minimum absolute atomic E-state index is 0.121. The maximum absolute atomic E-state index is 12.1. The molecule has 21 heavy (non-hydrogen) atoms. The summed E-state index contributed by atoms with van der Waals surface area (Å²) in [6, 6.07) is 14.8. The number of amides is 1. The largest absolute Gasteiger partial charge is 0.496 e. The number of halogens is 1. The van der Waals surface area contributed by atoms with Crippen LogP contribution in [0.25, 0.3) is 0 Å². The molecule has 0 spiro atoms. The Kier molecular flexibility index (Phi) is 5.96. The summed E-state index contributed by atoms with van der Waals surface area (Å²) in [4.78, 5) is 13.2. The number of carbonyl (C=O) groups excluding carboxylic acids is 1. The number of para-hydroxylation sites is 1. The molecule has 0 aliphatic carbocycles. The van der Waals surface area contributed by atoms with E-state index in [2.05, 4.69) is 5.32 Å². The molecular weight excluding hydrogens is 306 g/mol. The van der Waals surface area contributed by atoms with Crippen LogP contribution in [0.1, 0.15) is 10.4 Å². The Balaban J connectivity index is 1.80. The quantitative estimate of drug-likeness (QED) is 0.648. The molecule has 2 rings (SSSR count). The van der Waals surface area contributed by atoms with Gasteiger partial charge in [-0.1, -0.05) is 23.7 Å². The molecule has 1 amide bonds. The highest BCUT2D eigenvalue weighted by Crippen LogP contribution is 2.20. The molecule has 0 aliphatic rings. The molecule has 0 aromatic heterocycles. The Bertz CT molecular complexity index is 601. The van der Waals surface area contributed by atoms with Gasteiger partial charge in [-0.2, -0.15) is 0 Å². The summed E-state index contributed by atoms with van der Waals surface area (Å²) in [5.74, 6) is 1.26. The highest BCUT2D eigenvalue weighted by atomic mass is 35.5. The van der Waals surface area contributed by atoms with Gasteiger partial charge in [0.05, 0.1) is 12.7 Å². The SMILES string of the molecule is COc1ccccc1C(=O)NCCSc1ccc(Cl)cc1. The van der Waals surface area contributed by atoms with Crippen molar-refractivity contribution in [3.8, 4) is 5.75 Å². The van der Waals surface area contributed by atoms with Gasteiger partial charge in [0.1, 0.15) is 5.75 Å². The van der Waals surface area contributed by atoms with E-state index in [1.54, 1.807) is 31.0 Å². The standard InChI is InChI=1S/C16H16ClNO2S/c1-20-15-5-3-2-4-14(15)16(19)18-10-11-21-13-8-6-12(17)7-9-13/h2-9H,10-11H2,1H3,(H,18,19). The van der Waals surface area contributed by atoms with Crippen LogP contribution < -0.4 is 10.1 Å². The Morgan fingerprint density at radius 2 is 1.90 bits per heavy atom. The fraction of sp³-hybridized carbons (Fsp3) is 0.188. The van der Waals surface area contributed by atoms with Crippen LogP contribution >= 0.6 is 23.4 Å². The zero-order valence-corrected chi connectivity index (χ0v) is 13.2. The van der Waals surface area contributed by atoms with Crippen LogP contribution in [0.3, 0.4) is 0 Å². The minimum Gasteiger partial charge on any atom is -0.496 e. The number of hydrogen-bond acceptors (Lipinski definition) is 3. The molecule has 0 bridgehead atoms. The van der Waals surface area contributed by atoms with Crippen LogP contribution in [0.5, 0.6) is 5.75 Å². The van der Waals surface area contributed by atoms with Gasteiger partial charge < -0.3 is 10.1 Å². The first-order valence-electron chi connectivity index (χ1n) is 6.50. The number of carbonyl (C=O) groups is 1. The minimum atomic E-state index is -0.121. The number of rotatable bonds is 6. The van der Waals surface area contributed by atoms with Crippen molar-refractivity contribution in [1.29, 1.82) is 0 Å². The van der Waals surface area contributed by atoms with E-state index >= 15 is 0 Å². The van der Waals surface area contributed by atoms with E-state index in [-0.39, 0.29) is 5.91 Å². The third-order valence-corrected chi connectivity index (χ3v) is 4.09. The summed E-state index contributed by atoms with van der Waals surface area (Å²) >= 11 is 7.50. The molecule has 0 saturated heterocycles. The van der Waals surface area contributed by atoms with Crippen LogP contribution in [0.15, 0.2) is 53.4 Å². The highest BCUT2D eigenvalue weighted by Gasteiger charge is 2.10. The first-order valence-corrected chi connectivity index (χ1v) is 7.86. The van der Waals surface area contributed by atoms with Gasteiger partial charge in [0.25, 0.3) is 5.91 Å². The summed E-state index contributed by atoms with van der Waals surface area (Å²) in [7, 11) is 1.56. The predicted octanol–water partition coefficient (Wildman–Crippen LogP) is 3.87. The van der Waals surface area contributed by atoms with Crippen molar-refractivity contribution < 1.29 is 9.53 Å². The first-order chi connectivity index (χ1) is 10.2. The number of thioether (sulfide) groups is 1. The Hall–Kier alpha value is -1.65. The summed E-state index contributed by atoms with van der Waals surface area (Å²) in [5.41, 5.74) is 0.552. The molecule has 2 aromatic carbocycles. The predicted molar refractivity (Wildman–Crippen MR) is 87.5 cm³/mol. The average Bonchev–Trinajstić information content (AvgIpc) is 2.53. The van der Waals surface area contributed by atoms with Gasteiger partial charge in [-0.25, -0.2) is 0 Å². The van der Waals surface area contributed by atoms with Crippen LogP contribution in [-0.4, -0.2) is 25.3 Å². The van der Waals surface area contributed by atoms with Crippen LogP contribution in [0.2, 0.25) is 5.02 Å². The van der Waals surface area contributed by atoms with Crippen molar-refractivity contribution in [1.82, 2.24) is 5.32 Å². The molecule has 0 fully saturated rings. The van der Waals surface area contributed by atoms with Crippen LogP contribution in [-0.2, 0) is 0 Å². The molecule has 110 valence electrons. The first kappa shape index (κ1) is 15.7. The molecule has 3 nitrogen and oxygen atoms in total. The molecule has 2 aromatic rings. The molecular formula is C16H16ClNO2S. The summed E-state index contributed by atoms with van der Waals surface area (Å²) in [6.45, 7) is 0.587. The number of benzene rings is 2. The molecule has 0 radical (unpaired) electrons. The zero-order chi connectivity index (χ0) is 15.1. The fourth-order valence-electron chi connectivity index (χ4n) is 1.79. The summed E-state index contributed by atoms with van der Waals surface area (Å²) in [5, 5.41) is 3.62. The van der Waals surface area contributed by atoms with Gasteiger partial charge >= 0.3 is 0 Å². The third kappa shape index (κ3) is 4.69. The molecule has 1 N–H and O–H groups in total. The zero-order valence-electron chi connectivity index (χ0n) is 11.6. The van der Waals surface area contributed by atoms with Crippen molar-refractivity contribution in [3.63, 3.8) is 0 Å². The van der Waals surface area contributed by atoms with E-state index in [4.69, 9.17) is 16.3 Å². The van der Waals surface area contributed by atoms with Crippen molar-refractivity contribution in [3.05, 3.63) is 59.1 Å². The van der Waals surface area contributed by atoms with Crippen molar-refractivity contribution in [2.45, 2.75) is 4.90 Å². The Labute approximate surface area is 133 Å². The van der Waals surface area contributed by atoms with Crippen molar-refractivity contribution in [2.24, 2.45) is 0 Å². The van der Waals surface area contributed by atoms with Crippen molar-refractivity contribution in [2.75, 3.05) is 19.4 Å². The smallest absolute Gasteiger partial charge is 0.255 e. The van der Waals surface area contributed by atoms with Crippen molar-refractivity contribution >= 4 is 29.3 Å². The second-order valence-corrected chi connectivity index (χ2v) is 5.86. The average molecular weight is 322 g/mol. The number of methoxy groups -OCH3 is 1. The van der Waals surface area contributed by atoms with E-state index in [0.717, 1.165) is 15.7 Å². The lowest BCUT2D eigenvalue weighted by Crippen LogP contribution is -2.26. The fourth-order valence-corrected chi connectivity index (χ4v) is 2.69. The van der Waals surface area contributed by atoms with Crippen LogP contribution in [0, 0.1) is 0 Å². The number of ether oxygens (including phenoxy) is 1. The molecule has 0 atom stereocenters. The van der Waals surface area contributed by atoms with E-state index in [1.165, 1.54) is 0 Å². The summed E-state index contributed by atoms with van der Waals surface area (Å²) < 4.78 is 5.17. The monoisotopic (exact) mass is 321 g/mol. The lowest BCUT2D eigenvalue weighted by molar-refractivity contribution is 0.0953. The van der Waals surface area contributed by atoms with Crippen LogP contribution in [0.4, 0.5) is 0 Å². The van der Waals surface area contributed by atoms with E-state index in [1.807, 2.05) is 36.4 Å². The van der Waals surface area contributed by atoms with E-state index < -0.39 is 0 Å². The molecule has 0 unspecified atom stereocenters. The van der Waals surface area contributed by atoms with Gasteiger partial charge in [-0.15, -0.1) is 11.8 Å². The maximum Gasteiger partial charge on any atom is 0.255 e. The molecule has 0 aliphatic heterocycles. The van der Waals surface area contributed by atoms with Gasteiger partial charge in [0, 0.05) is 22.2 Å². The maximum atomic E-state index is 12.1. The van der Waals surface area contributed by atoms with Gasteiger partial charge in [-0.3, -0.25) is 4.79 Å². The van der Waals surface area contributed by atoms with Gasteiger partial charge in [-0.05, 0) is 36.4 Å². The lowest BCUT2D eigenvalue weighted by Gasteiger charge is -2.09. The van der Waals surface area contributed by atoms with Gasteiger partial charge in [0.2, 0.25) is 0 Å². The topological polar surface area (TPSA) is 38.3 Å². The Morgan fingerprint density at radius 3 is 2.62 bits per heavy atom. The highest BCUT2D eigenvalue weighted by molar-refractivity contribution is 7.99.